The first-order chi connectivity index (χ1) is 12.5. The molecule has 0 spiro atoms. The molecule has 10 heteroatoms. The number of nitrogens with one attached hydrogen (secondary N) is 2. The Morgan fingerprint density at radius 1 is 1.38 bits per heavy atom. The quantitative estimate of drug-likeness (QED) is 0.666. The number of ether oxygens (including phenoxy) is 1. The smallest absolute Gasteiger partial charge is 0.272 e. The van der Waals surface area contributed by atoms with E-state index in [9.17, 15) is 13.6 Å². The zero-order chi connectivity index (χ0) is 18.5. The molecule has 2 N–H and O–H groups in total. The van der Waals surface area contributed by atoms with E-state index in [-0.39, 0.29) is 30.0 Å². The second kappa shape index (κ2) is 7.72. The second-order valence-electron chi connectivity index (χ2n) is 5.63. The monoisotopic (exact) mass is 362 g/mol. The topological polar surface area (TPSA) is 97.7 Å². The summed E-state index contributed by atoms with van der Waals surface area (Å²) >= 11 is 0. The van der Waals surface area contributed by atoms with Crippen molar-refractivity contribution in [3.63, 3.8) is 0 Å². The van der Waals surface area contributed by atoms with Gasteiger partial charge in [0.2, 0.25) is 0 Å². The number of hydrogen-bond acceptors (Lipinski definition) is 5. The maximum absolute atomic E-state index is 13.5. The van der Waals surface area contributed by atoms with E-state index in [2.05, 4.69) is 25.6 Å². The number of amides is 1. The molecular formula is C16H16F2N6O2. The zero-order valence-corrected chi connectivity index (χ0v) is 13.8. The number of nitrogens with zero attached hydrogens (tertiary/aromatic N) is 4. The first kappa shape index (κ1) is 17.5. The molecule has 1 atom stereocenters. The molecule has 1 amide bonds. The maximum atomic E-state index is 13.5. The number of carbonyl (C=O) groups excluding carboxylic acids is 1. The average molecular weight is 362 g/mol. The Morgan fingerprint density at radius 2 is 2.23 bits per heavy atom. The molecule has 0 aliphatic carbocycles. The molecule has 0 saturated carbocycles. The number of H-pyrrole nitrogens is 1. The van der Waals surface area contributed by atoms with E-state index >= 15 is 0 Å². The van der Waals surface area contributed by atoms with E-state index in [1.807, 2.05) is 6.92 Å². The van der Waals surface area contributed by atoms with Gasteiger partial charge in [-0.25, -0.2) is 13.8 Å². The first-order valence-corrected chi connectivity index (χ1v) is 7.76. The summed E-state index contributed by atoms with van der Waals surface area (Å²) in [6, 6.07) is 4.34. The lowest BCUT2D eigenvalue weighted by Gasteiger charge is -2.12. The molecule has 8 nitrogen and oxygen atoms in total. The van der Waals surface area contributed by atoms with Crippen molar-refractivity contribution in [2.75, 3.05) is 0 Å². The normalized spacial score (nSPS) is 12.0. The molecule has 26 heavy (non-hydrogen) atoms. The van der Waals surface area contributed by atoms with Gasteiger partial charge in [0.1, 0.15) is 30.8 Å². The molecule has 2 aromatic heterocycles. The van der Waals surface area contributed by atoms with Gasteiger partial charge in [-0.1, -0.05) is 0 Å². The molecule has 1 aromatic carbocycles. The van der Waals surface area contributed by atoms with E-state index in [0.717, 1.165) is 12.1 Å². The Hall–Kier alpha value is -3.30. The van der Waals surface area contributed by atoms with E-state index in [4.69, 9.17) is 4.74 Å². The third-order valence-electron chi connectivity index (χ3n) is 3.45. The van der Waals surface area contributed by atoms with E-state index in [1.165, 1.54) is 18.5 Å². The minimum Gasteiger partial charge on any atom is -0.484 e. The molecule has 0 unspecified atom stereocenters. The Morgan fingerprint density at radius 3 is 2.96 bits per heavy atom. The number of benzene rings is 1. The molecule has 2 heterocycles. The van der Waals surface area contributed by atoms with Crippen LogP contribution >= 0.6 is 0 Å². The number of carbonyl (C=O) groups is 1. The Bertz CT molecular complexity index is 881. The SMILES string of the molecule is C[C@H](Cn1cncn1)NC(=O)c1cc(COc2ccc(F)cc2F)[nH]n1. The number of halogens is 2. The predicted molar refractivity (Wildman–Crippen MR) is 86.2 cm³/mol. The Kier molecular flexibility index (Phi) is 5.20. The van der Waals surface area contributed by atoms with Gasteiger partial charge in [0.05, 0.1) is 12.2 Å². The van der Waals surface area contributed by atoms with Crippen LogP contribution in [0.2, 0.25) is 0 Å². The molecule has 3 rings (SSSR count). The van der Waals surface area contributed by atoms with Crippen LogP contribution in [0.4, 0.5) is 8.78 Å². The lowest BCUT2D eigenvalue weighted by molar-refractivity contribution is 0.0931. The van der Waals surface area contributed by atoms with Crippen LogP contribution in [0.1, 0.15) is 23.1 Å². The Balaban J connectivity index is 1.54. The maximum Gasteiger partial charge on any atom is 0.272 e. The van der Waals surface area contributed by atoms with Crippen molar-refractivity contribution in [3.05, 3.63) is 59.9 Å². The van der Waals surface area contributed by atoms with E-state index < -0.39 is 11.6 Å². The lowest BCUT2D eigenvalue weighted by atomic mass is 10.3. The van der Waals surface area contributed by atoms with Crippen LogP contribution in [0.3, 0.4) is 0 Å². The molecular weight excluding hydrogens is 346 g/mol. The summed E-state index contributed by atoms with van der Waals surface area (Å²) in [6.07, 6.45) is 2.97. The van der Waals surface area contributed by atoms with Crippen molar-refractivity contribution in [1.82, 2.24) is 30.3 Å². The molecule has 0 aliphatic heterocycles. The van der Waals surface area contributed by atoms with Gasteiger partial charge >= 0.3 is 0 Å². The summed E-state index contributed by atoms with van der Waals surface area (Å²) in [4.78, 5) is 16.0. The highest BCUT2D eigenvalue weighted by Gasteiger charge is 2.14. The van der Waals surface area contributed by atoms with Crippen molar-refractivity contribution in [2.24, 2.45) is 0 Å². The molecule has 0 saturated heterocycles. The largest absolute Gasteiger partial charge is 0.484 e. The van der Waals surface area contributed by atoms with Crippen LogP contribution in [0.5, 0.6) is 5.75 Å². The van der Waals surface area contributed by atoms with Crippen molar-refractivity contribution in [3.8, 4) is 5.75 Å². The Labute approximate surface area is 147 Å². The summed E-state index contributed by atoms with van der Waals surface area (Å²) in [7, 11) is 0. The van der Waals surface area contributed by atoms with Crippen LogP contribution in [0, 0.1) is 11.6 Å². The average Bonchev–Trinajstić information content (AvgIpc) is 3.25. The van der Waals surface area contributed by atoms with Crippen molar-refractivity contribution in [2.45, 2.75) is 26.1 Å². The van der Waals surface area contributed by atoms with Crippen molar-refractivity contribution >= 4 is 5.91 Å². The zero-order valence-electron chi connectivity index (χ0n) is 13.8. The van der Waals surface area contributed by atoms with Crippen LogP contribution in [0.25, 0.3) is 0 Å². The van der Waals surface area contributed by atoms with E-state index in [0.29, 0.717) is 12.2 Å². The van der Waals surface area contributed by atoms with Gasteiger partial charge in [-0.15, -0.1) is 0 Å². The highest BCUT2D eigenvalue weighted by atomic mass is 19.1. The van der Waals surface area contributed by atoms with Gasteiger partial charge in [0, 0.05) is 12.1 Å². The predicted octanol–water partition coefficient (Wildman–Crippen LogP) is 1.68. The minimum absolute atomic E-state index is 0.0443. The third-order valence-corrected chi connectivity index (χ3v) is 3.45. The summed E-state index contributed by atoms with van der Waals surface area (Å²) in [5, 5.41) is 13.3. The standard InChI is InChI=1S/C16H16F2N6O2/c1-10(6-24-9-19-8-20-24)21-16(25)14-5-12(22-23-14)7-26-15-3-2-11(17)4-13(15)18/h2-5,8-10H,6-7H2,1H3,(H,21,25)(H,22,23)/t10-/m1/s1. The highest BCUT2D eigenvalue weighted by molar-refractivity contribution is 5.92. The summed E-state index contributed by atoms with van der Waals surface area (Å²) in [5.74, 6) is -1.94. The van der Waals surface area contributed by atoms with Gasteiger partial charge in [0.15, 0.2) is 11.6 Å². The fourth-order valence-corrected chi connectivity index (χ4v) is 2.25. The van der Waals surface area contributed by atoms with Crippen molar-refractivity contribution in [1.29, 1.82) is 0 Å². The van der Waals surface area contributed by atoms with Crippen LogP contribution in [-0.4, -0.2) is 36.9 Å². The molecule has 3 aromatic rings. The first-order valence-electron chi connectivity index (χ1n) is 7.76. The third kappa shape index (κ3) is 4.41. The molecule has 0 radical (unpaired) electrons. The van der Waals surface area contributed by atoms with Gasteiger partial charge in [-0.05, 0) is 25.1 Å². The van der Waals surface area contributed by atoms with Crippen molar-refractivity contribution < 1.29 is 18.3 Å². The van der Waals surface area contributed by atoms with Gasteiger partial charge < -0.3 is 10.1 Å². The molecule has 0 bridgehead atoms. The molecule has 0 fully saturated rings. The number of hydrogen-bond donors (Lipinski definition) is 2. The summed E-state index contributed by atoms with van der Waals surface area (Å²) < 4.78 is 33.2. The number of aromatic nitrogens is 5. The van der Waals surface area contributed by atoms with Gasteiger partial charge in [0.25, 0.3) is 5.91 Å². The minimum atomic E-state index is -0.801. The second-order valence-corrected chi connectivity index (χ2v) is 5.63. The van der Waals surface area contributed by atoms with Crippen LogP contribution in [0.15, 0.2) is 36.9 Å². The van der Waals surface area contributed by atoms with Crippen LogP contribution < -0.4 is 10.1 Å². The fourth-order valence-electron chi connectivity index (χ4n) is 2.25. The number of rotatable bonds is 7. The fraction of sp³-hybridized carbons (Fsp3) is 0.250. The van der Waals surface area contributed by atoms with Gasteiger partial charge in [-0.2, -0.15) is 10.2 Å². The lowest BCUT2D eigenvalue weighted by Crippen LogP contribution is -2.36. The van der Waals surface area contributed by atoms with Crippen LogP contribution in [-0.2, 0) is 13.2 Å². The van der Waals surface area contributed by atoms with E-state index in [1.54, 1.807) is 11.0 Å². The molecule has 0 aliphatic rings. The summed E-state index contributed by atoms with van der Waals surface area (Å²) in [6.45, 7) is 2.25. The summed E-state index contributed by atoms with van der Waals surface area (Å²) in [5.41, 5.74) is 0.649. The van der Waals surface area contributed by atoms with Gasteiger partial charge in [-0.3, -0.25) is 14.6 Å². The number of aromatic amines is 1. The molecule has 136 valence electrons. The highest BCUT2D eigenvalue weighted by Crippen LogP contribution is 2.18.